The lowest BCUT2D eigenvalue weighted by Crippen LogP contribution is -2.30. The first-order valence-electron chi connectivity index (χ1n) is 7.76. The van der Waals surface area contributed by atoms with Crippen LogP contribution in [0.4, 0.5) is 5.69 Å². The Kier molecular flexibility index (Phi) is 3.86. The Balaban J connectivity index is 1.66. The summed E-state index contributed by atoms with van der Waals surface area (Å²) < 4.78 is 0. The van der Waals surface area contributed by atoms with E-state index in [1.54, 1.807) is 6.07 Å². The van der Waals surface area contributed by atoms with E-state index in [-0.39, 0.29) is 5.56 Å². The second kappa shape index (κ2) is 5.80. The van der Waals surface area contributed by atoms with Gasteiger partial charge in [-0.3, -0.25) is 15.0 Å². The van der Waals surface area contributed by atoms with Gasteiger partial charge in [-0.1, -0.05) is 26.0 Å². The maximum Gasteiger partial charge on any atom is 0.264 e. The topological polar surface area (TPSA) is 60.7 Å². The molecule has 112 valence electrons. The van der Waals surface area contributed by atoms with Crippen LogP contribution in [0.15, 0.2) is 35.1 Å². The van der Waals surface area contributed by atoms with E-state index in [2.05, 4.69) is 41.5 Å². The van der Waals surface area contributed by atoms with Crippen molar-refractivity contribution in [3.8, 4) is 11.3 Å². The SMILES string of the molecule is CC1CCC(Nc2ccc(-c3cc(=O)[nH][nH]3)cc2)CC1C. The zero-order valence-electron chi connectivity index (χ0n) is 12.6. The Morgan fingerprint density at radius 1 is 1.05 bits per heavy atom. The lowest BCUT2D eigenvalue weighted by Gasteiger charge is -2.33. The number of benzene rings is 1. The van der Waals surface area contributed by atoms with Gasteiger partial charge in [-0.05, 0) is 48.8 Å². The number of rotatable bonds is 3. The maximum atomic E-state index is 11.2. The molecule has 3 atom stereocenters. The third-order valence-electron chi connectivity index (χ3n) is 4.76. The fourth-order valence-electron chi connectivity index (χ4n) is 3.15. The van der Waals surface area contributed by atoms with Crippen molar-refractivity contribution >= 4 is 5.69 Å². The molecule has 1 aromatic heterocycles. The van der Waals surface area contributed by atoms with Gasteiger partial charge >= 0.3 is 0 Å². The minimum absolute atomic E-state index is 0.0995. The van der Waals surface area contributed by atoms with Crippen molar-refractivity contribution < 1.29 is 0 Å². The largest absolute Gasteiger partial charge is 0.382 e. The number of H-pyrrole nitrogens is 2. The summed E-state index contributed by atoms with van der Waals surface area (Å²) in [4.78, 5) is 11.2. The van der Waals surface area contributed by atoms with Crippen LogP contribution >= 0.6 is 0 Å². The van der Waals surface area contributed by atoms with Crippen molar-refractivity contribution in [1.82, 2.24) is 10.2 Å². The molecule has 3 N–H and O–H groups in total. The van der Waals surface area contributed by atoms with Crippen LogP contribution in [0.3, 0.4) is 0 Å². The molecule has 1 fully saturated rings. The van der Waals surface area contributed by atoms with Crippen molar-refractivity contribution in [2.45, 2.75) is 39.2 Å². The van der Waals surface area contributed by atoms with Crippen LogP contribution < -0.4 is 10.9 Å². The first kappa shape index (κ1) is 14.0. The maximum absolute atomic E-state index is 11.2. The van der Waals surface area contributed by atoms with Crippen molar-refractivity contribution in [2.75, 3.05) is 5.32 Å². The molecule has 1 aliphatic rings. The van der Waals surface area contributed by atoms with Crippen LogP contribution in [0.5, 0.6) is 0 Å². The van der Waals surface area contributed by atoms with E-state index in [4.69, 9.17) is 0 Å². The quantitative estimate of drug-likeness (QED) is 0.807. The molecule has 1 saturated carbocycles. The van der Waals surface area contributed by atoms with Gasteiger partial charge in [0.25, 0.3) is 5.56 Å². The predicted molar refractivity (Wildman–Crippen MR) is 86.4 cm³/mol. The van der Waals surface area contributed by atoms with Crippen LogP contribution in [0.2, 0.25) is 0 Å². The average Bonchev–Trinajstić information content (AvgIpc) is 2.90. The molecular formula is C17H23N3O. The highest BCUT2D eigenvalue weighted by Gasteiger charge is 2.24. The number of anilines is 1. The minimum Gasteiger partial charge on any atom is -0.382 e. The molecule has 3 unspecified atom stereocenters. The molecule has 2 aromatic rings. The summed E-state index contributed by atoms with van der Waals surface area (Å²) in [5.74, 6) is 1.64. The summed E-state index contributed by atoms with van der Waals surface area (Å²) in [7, 11) is 0. The van der Waals surface area contributed by atoms with Gasteiger partial charge in [-0.2, -0.15) is 0 Å². The first-order valence-corrected chi connectivity index (χ1v) is 7.76. The van der Waals surface area contributed by atoms with Crippen molar-refractivity contribution in [3.05, 3.63) is 40.7 Å². The van der Waals surface area contributed by atoms with Crippen molar-refractivity contribution in [1.29, 1.82) is 0 Å². The smallest absolute Gasteiger partial charge is 0.264 e. The highest BCUT2D eigenvalue weighted by atomic mass is 16.1. The second-order valence-electron chi connectivity index (χ2n) is 6.36. The van der Waals surface area contributed by atoms with E-state index < -0.39 is 0 Å². The van der Waals surface area contributed by atoms with Crippen LogP contribution in [-0.2, 0) is 0 Å². The number of aromatic amines is 2. The van der Waals surface area contributed by atoms with E-state index in [0.29, 0.717) is 6.04 Å². The normalized spacial score (nSPS) is 25.7. The Morgan fingerprint density at radius 2 is 1.81 bits per heavy atom. The Labute approximate surface area is 125 Å². The lowest BCUT2D eigenvalue weighted by molar-refractivity contribution is 0.261. The summed E-state index contributed by atoms with van der Waals surface area (Å²) >= 11 is 0. The zero-order valence-corrected chi connectivity index (χ0v) is 12.6. The Bertz CT molecular complexity index is 641. The highest BCUT2D eigenvalue weighted by molar-refractivity contribution is 5.62. The lowest BCUT2D eigenvalue weighted by atomic mass is 9.79. The van der Waals surface area contributed by atoms with Gasteiger partial charge in [-0.25, -0.2) is 0 Å². The molecule has 21 heavy (non-hydrogen) atoms. The molecule has 4 nitrogen and oxygen atoms in total. The molecule has 1 heterocycles. The van der Waals surface area contributed by atoms with E-state index in [1.165, 1.54) is 19.3 Å². The number of aromatic nitrogens is 2. The van der Waals surface area contributed by atoms with Gasteiger partial charge in [0.15, 0.2) is 0 Å². The van der Waals surface area contributed by atoms with Crippen LogP contribution in [0.25, 0.3) is 11.3 Å². The second-order valence-corrected chi connectivity index (χ2v) is 6.36. The monoisotopic (exact) mass is 285 g/mol. The number of hydrogen-bond acceptors (Lipinski definition) is 2. The van der Waals surface area contributed by atoms with Crippen molar-refractivity contribution in [2.24, 2.45) is 11.8 Å². The van der Waals surface area contributed by atoms with Gasteiger partial charge < -0.3 is 5.32 Å². The molecule has 0 saturated heterocycles. The molecule has 4 heteroatoms. The number of nitrogens with one attached hydrogen (secondary N) is 3. The minimum atomic E-state index is -0.0995. The highest BCUT2D eigenvalue weighted by Crippen LogP contribution is 2.31. The summed E-state index contributed by atoms with van der Waals surface area (Å²) in [6.45, 7) is 4.71. The van der Waals surface area contributed by atoms with E-state index in [1.807, 2.05) is 12.1 Å². The summed E-state index contributed by atoms with van der Waals surface area (Å²) in [6.07, 6.45) is 3.80. The van der Waals surface area contributed by atoms with Crippen LogP contribution in [0, 0.1) is 11.8 Å². The molecule has 0 spiro atoms. The average molecular weight is 285 g/mol. The fraction of sp³-hybridized carbons (Fsp3) is 0.471. The molecule has 0 aliphatic heterocycles. The Morgan fingerprint density at radius 3 is 2.43 bits per heavy atom. The van der Waals surface area contributed by atoms with Gasteiger partial charge in [0.2, 0.25) is 0 Å². The third-order valence-corrected chi connectivity index (χ3v) is 4.76. The fourth-order valence-corrected chi connectivity index (χ4v) is 3.15. The molecular weight excluding hydrogens is 262 g/mol. The van der Waals surface area contributed by atoms with E-state index in [9.17, 15) is 4.79 Å². The molecule has 0 radical (unpaired) electrons. The standard InChI is InChI=1S/C17H23N3O/c1-11-3-6-15(9-12(11)2)18-14-7-4-13(5-8-14)16-10-17(21)20-19-16/h4-5,7-8,10-12,15,18H,3,6,9H2,1-2H3,(H2,19,20,21). The molecule has 0 bridgehead atoms. The molecule has 3 rings (SSSR count). The summed E-state index contributed by atoms with van der Waals surface area (Å²) in [6, 6.07) is 10.4. The number of hydrogen-bond donors (Lipinski definition) is 3. The molecule has 0 amide bonds. The van der Waals surface area contributed by atoms with E-state index in [0.717, 1.165) is 28.8 Å². The van der Waals surface area contributed by atoms with Gasteiger partial charge in [0.1, 0.15) is 0 Å². The predicted octanol–water partition coefficient (Wildman–Crippen LogP) is 3.61. The van der Waals surface area contributed by atoms with E-state index >= 15 is 0 Å². The zero-order chi connectivity index (χ0) is 14.8. The van der Waals surface area contributed by atoms with Crippen LogP contribution in [0.1, 0.15) is 33.1 Å². The molecule has 1 aromatic carbocycles. The van der Waals surface area contributed by atoms with Gasteiger partial charge in [0.05, 0.1) is 5.69 Å². The Hall–Kier alpha value is -1.97. The van der Waals surface area contributed by atoms with Gasteiger partial charge in [-0.15, -0.1) is 0 Å². The first-order chi connectivity index (χ1) is 10.1. The molecule has 1 aliphatic carbocycles. The van der Waals surface area contributed by atoms with Gasteiger partial charge in [0, 0.05) is 17.8 Å². The summed E-state index contributed by atoms with van der Waals surface area (Å²) in [5.41, 5.74) is 2.90. The van der Waals surface area contributed by atoms with Crippen molar-refractivity contribution in [3.63, 3.8) is 0 Å². The third kappa shape index (κ3) is 3.20. The summed E-state index contributed by atoms with van der Waals surface area (Å²) in [5, 5.41) is 9.07. The van der Waals surface area contributed by atoms with Crippen LogP contribution in [-0.4, -0.2) is 16.2 Å².